The second-order valence-electron chi connectivity index (χ2n) is 6.16. The molecule has 3 N–H and O–H groups in total. The Kier molecular flexibility index (Phi) is 5.49. The lowest BCUT2D eigenvalue weighted by Gasteiger charge is -2.21. The Bertz CT molecular complexity index is 1060. The molecule has 0 fully saturated rings. The van der Waals surface area contributed by atoms with Crippen molar-refractivity contribution in [1.29, 1.82) is 0 Å². The molecule has 2 aromatic carbocycles. The molecule has 28 heavy (non-hydrogen) atoms. The van der Waals surface area contributed by atoms with Crippen molar-refractivity contribution in [3.8, 4) is 17.2 Å². The van der Waals surface area contributed by atoms with E-state index in [4.69, 9.17) is 22.6 Å². The first-order valence-corrected chi connectivity index (χ1v) is 8.63. The summed E-state index contributed by atoms with van der Waals surface area (Å²) in [4.78, 5) is 3.35. The molecular weight excluding hydrogens is 387 g/mol. The molecule has 0 bridgehead atoms. The summed E-state index contributed by atoms with van der Waals surface area (Å²) in [5.74, 6) is -1.13. The summed E-state index contributed by atoms with van der Waals surface area (Å²) in [7, 11) is 0. The number of phenols is 1. The molecule has 0 unspecified atom stereocenters. The Morgan fingerprint density at radius 1 is 1.29 bits per heavy atom. The molecule has 0 radical (unpaired) electrons. The highest BCUT2D eigenvalue weighted by Gasteiger charge is 2.25. The van der Waals surface area contributed by atoms with Crippen LogP contribution in [0.2, 0.25) is 5.02 Å². The van der Waals surface area contributed by atoms with Crippen LogP contribution in [0, 0.1) is 19.3 Å². The molecule has 0 spiro atoms. The van der Waals surface area contributed by atoms with Crippen LogP contribution in [0.4, 0.5) is 15.8 Å². The molecule has 7 nitrogen and oxygen atoms in total. The second-order valence-corrected chi connectivity index (χ2v) is 6.54. The monoisotopic (exact) mass is 402 g/mol. The van der Waals surface area contributed by atoms with Crippen LogP contribution in [0.25, 0.3) is 16.3 Å². The first kappa shape index (κ1) is 19.6. The summed E-state index contributed by atoms with van der Waals surface area (Å²) in [6.07, 6.45) is -0.909. The zero-order chi connectivity index (χ0) is 20.4. The zero-order valence-electron chi connectivity index (χ0n) is 14.9. The average molecular weight is 403 g/mol. The topological polar surface area (TPSA) is 95.8 Å². The van der Waals surface area contributed by atoms with E-state index in [1.165, 1.54) is 12.1 Å². The summed E-state index contributed by atoms with van der Waals surface area (Å²) >= 11 is 6.20. The third kappa shape index (κ3) is 3.76. The van der Waals surface area contributed by atoms with Gasteiger partial charge in [-0.3, -0.25) is 0 Å². The van der Waals surface area contributed by atoms with E-state index in [2.05, 4.69) is 20.4 Å². The van der Waals surface area contributed by atoms with Gasteiger partial charge in [-0.05, 0) is 43.7 Å². The van der Waals surface area contributed by atoms with Gasteiger partial charge in [0.05, 0.1) is 17.7 Å². The lowest BCUT2D eigenvalue weighted by Crippen LogP contribution is -2.23. The van der Waals surface area contributed by atoms with Gasteiger partial charge in [-0.2, -0.15) is 0 Å². The predicted molar refractivity (Wildman–Crippen MR) is 102 cm³/mol. The smallest absolute Gasteiger partial charge is 0.248 e. The number of phenolic OH excluding ortho intramolecular Hbond substituents is 1. The first-order valence-electron chi connectivity index (χ1n) is 8.25. The molecule has 0 saturated heterocycles. The van der Waals surface area contributed by atoms with Crippen LogP contribution < -0.4 is 5.32 Å². The highest BCUT2D eigenvalue weighted by molar-refractivity contribution is 6.34. The van der Waals surface area contributed by atoms with Crippen LogP contribution in [-0.2, 0) is 0 Å². The number of benzene rings is 2. The normalized spacial score (nSPS) is 13.0. The van der Waals surface area contributed by atoms with Crippen LogP contribution in [0.3, 0.4) is 0 Å². The van der Waals surface area contributed by atoms with E-state index in [-0.39, 0.29) is 11.8 Å². The van der Waals surface area contributed by atoms with Crippen molar-refractivity contribution in [2.45, 2.75) is 26.0 Å². The summed E-state index contributed by atoms with van der Waals surface area (Å²) in [6.45, 7) is 10.4. The quantitative estimate of drug-likeness (QED) is 0.538. The minimum absolute atomic E-state index is 0.0656. The number of aromatic hydroxyl groups is 1. The molecule has 3 aromatic rings. The number of aliphatic hydroxyl groups excluding tert-OH is 1. The third-order valence-corrected chi connectivity index (χ3v) is 4.66. The Balaban J connectivity index is 1.92. The minimum atomic E-state index is -0.909. The van der Waals surface area contributed by atoms with Crippen molar-refractivity contribution in [2.24, 2.45) is 0 Å². The molecule has 0 aliphatic heterocycles. The first-order chi connectivity index (χ1) is 13.3. The molecule has 144 valence electrons. The third-order valence-electron chi connectivity index (χ3n) is 4.18. The molecule has 2 atom stereocenters. The maximum absolute atomic E-state index is 13.2. The largest absolute Gasteiger partial charge is 0.505 e. The Morgan fingerprint density at radius 2 is 2.04 bits per heavy atom. The van der Waals surface area contributed by atoms with Crippen LogP contribution in [0.1, 0.15) is 24.4 Å². The van der Waals surface area contributed by atoms with Crippen LogP contribution >= 0.6 is 11.6 Å². The Hall–Kier alpha value is -3.15. The van der Waals surface area contributed by atoms with Crippen molar-refractivity contribution in [3.63, 3.8) is 0 Å². The number of hydrogen-bond acceptors (Lipinski definition) is 6. The molecule has 9 heteroatoms. The summed E-state index contributed by atoms with van der Waals surface area (Å²) in [5, 5.41) is 31.0. The predicted octanol–water partition coefficient (Wildman–Crippen LogP) is 4.63. The van der Waals surface area contributed by atoms with E-state index in [0.717, 1.165) is 6.07 Å². The van der Waals surface area contributed by atoms with E-state index < -0.39 is 23.7 Å². The van der Waals surface area contributed by atoms with Gasteiger partial charge >= 0.3 is 0 Å². The van der Waals surface area contributed by atoms with Crippen molar-refractivity contribution in [1.82, 2.24) is 10.2 Å². The van der Waals surface area contributed by atoms with E-state index in [1.54, 1.807) is 26.0 Å². The number of aliphatic hydroxyl groups is 1. The second kappa shape index (κ2) is 7.84. The van der Waals surface area contributed by atoms with Gasteiger partial charge in [0.15, 0.2) is 11.6 Å². The molecule has 1 heterocycles. The highest BCUT2D eigenvalue weighted by Crippen LogP contribution is 2.35. The van der Waals surface area contributed by atoms with Crippen molar-refractivity contribution >= 4 is 23.0 Å². The van der Waals surface area contributed by atoms with Gasteiger partial charge < -0.3 is 19.9 Å². The number of anilines is 1. The van der Waals surface area contributed by atoms with Gasteiger partial charge in [-0.1, -0.05) is 17.7 Å². The van der Waals surface area contributed by atoms with E-state index >= 15 is 0 Å². The lowest BCUT2D eigenvalue weighted by molar-refractivity contribution is 0.159. The SMILES string of the molecule is [C-]#[N+]c1ccc(N[C@@H](c2nnc(-c3ccc(F)c(O)c3)o2)[C@@H](C)O)c(C)c1Cl. The molecular formula is C19H16ClFN4O3. The van der Waals surface area contributed by atoms with E-state index in [9.17, 15) is 14.6 Å². The maximum Gasteiger partial charge on any atom is 0.248 e. The Labute approximate surface area is 165 Å². The molecule has 3 rings (SSSR count). The van der Waals surface area contributed by atoms with Crippen molar-refractivity contribution in [2.75, 3.05) is 5.32 Å². The molecule has 0 aliphatic rings. The number of nitrogens with one attached hydrogen (secondary N) is 1. The van der Waals surface area contributed by atoms with Crippen molar-refractivity contribution in [3.05, 3.63) is 64.0 Å². The molecule has 1 aromatic heterocycles. The average Bonchev–Trinajstić information content (AvgIpc) is 3.14. The maximum atomic E-state index is 13.2. The van der Waals surface area contributed by atoms with E-state index in [1.807, 2.05) is 0 Å². The van der Waals surface area contributed by atoms with Gasteiger partial charge in [0.1, 0.15) is 6.04 Å². The summed E-state index contributed by atoms with van der Waals surface area (Å²) in [5.41, 5.74) is 1.91. The number of aromatic nitrogens is 2. The molecule has 0 saturated carbocycles. The van der Waals surface area contributed by atoms with Gasteiger partial charge in [0.25, 0.3) is 0 Å². The summed E-state index contributed by atoms with van der Waals surface area (Å²) < 4.78 is 18.8. The molecule has 0 amide bonds. The van der Waals surface area contributed by atoms with Gasteiger partial charge in [-0.25, -0.2) is 9.24 Å². The van der Waals surface area contributed by atoms with Crippen LogP contribution in [0.5, 0.6) is 5.75 Å². The number of nitrogens with zero attached hydrogens (tertiary/aromatic N) is 3. The fourth-order valence-corrected chi connectivity index (χ4v) is 2.80. The van der Waals surface area contributed by atoms with Gasteiger partial charge in [0, 0.05) is 11.3 Å². The summed E-state index contributed by atoms with van der Waals surface area (Å²) in [6, 6.07) is 6.14. The fraction of sp³-hybridized carbons (Fsp3) is 0.211. The van der Waals surface area contributed by atoms with Gasteiger partial charge in [0.2, 0.25) is 17.5 Å². The number of hydrogen-bond donors (Lipinski definition) is 3. The fourth-order valence-electron chi connectivity index (χ4n) is 2.59. The standard InChI is InChI=1S/C19H16ClFN4O3/c1-9-13(6-7-14(22-3)16(9)20)23-17(10(2)26)19-25-24-18(28-19)11-4-5-12(21)15(27)8-11/h4-8,10,17,23,26-27H,1-2H3/t10-,17-/m1/s1. The van der Waals surface area contributed by atoms with Gasteiger partial charge in [-0.15, -0.1) is 10.2 Å². The van der Waals surface area contributed by atoms with Crippen LogP contribution in [0.15, 0.2) is 34.7 Å². The van der Waals surface area contributed by atoms with E-state index in [0.29, 0.717) is 27.5 Å². The molecule has 0 aliphatic carbocycles. The highest BCUT2D eigenvalue weighted by atomic mass is 35.5. The zero-order valence-corrected chi connectivity index (χ0v) is 15.7. The minimum Gasteiger partial charge on any atom is -0.505 e. The van der Waals surface area contributed by atoms with Crippen LogP contribution in [-0.4, -0.2) is 26.5 Å². The number of rotatable bonds is 5. The lowest BCUT2D eigenvalue weighted by atomic mass is 10.1. The number of halogens is 2. The van der Waals surface area contributed by atoms with Crippen molar-refractivity contribution < 1.29 is 19.0 Å². The Morgan fingerprint density at radius 3 is 2.68 bits per heavy atom.